The predicted molar refractivity (Wildman–Crippen MR) is 84.4 cm³/mol. The maximum absolute atomic E-state index is 12.9. The monoisotopic (exact) mass is 341 g/mol. The zero-order chi connectivity index (χ0) is 16.1. The lowest BCUT2D eigenvalue weighted by Gasteiger charge is -2.32. The molecule has 1 aromatic carbocycles. The van der Waals surface area contributed by atoms with Gasteiger partial charge in [0.15, 0.2) is 0 Å². The van der Waals surface area contributed by atoms with Gasteiger partial charge >= 0.3 is 5.97 Å². The van der Waals surface area contributed by atoms with E-state index in [9.17, 15) is 14.7 Å². The highest BCUT2D eigenvalue weighted by molar-refractivity contribution is 6.43. The lowest BCUT2D eigenvalue weighted by Crippen LogP contribution is -2.44. The average molecular weight is 342 g/mol. The van der Waals surface area contributed by atoms with E-state index in [0.29, 0.717) is 23.4 Å². The van der Waals surface area contributed by atoms with Crippen molar-refractivity contribution in [1.82, 2.24) is 4.90 Å². The Labute approximate surface area is 139 Å². The average Bonchev–Trinajstić information content (AvgIpc) is 3.05. The Balaban J connectivity index is 1.98. The highest BCUT2D eigenvalue weighted by Gasteiger charge is 2.60. The van der Waals surface area contributed by atoms with Crippen molar-refractivity contribution in [3.63, 3.8) is 0 Å². The second kappa shape index (κ2) is 5.43. The van der Waals surface area contributed by atoms with E-state index in [1.54, 1.807) is 23.1 Å². The molecule has 1 amide bonds. The SMILES string of the molecule is CC[C@@]1(C(=O)O)C[C@@H]2CC[C@H]1N2C(=O)c1cccc(Cl)c1Cl. The molecule has 22 heavy (non-hydrogen) atoms. The van der Waals surface area contributed by atoms with Gasteiger partial charge in [-0.25, -0.2) is 0 Å². The van der Waals surface area contributed by atoms with E-state index in [-0.39, 0.29) is 23.0 Å². The van der Waals surface area contributed by atoms with Gasteiger partial charge in [0.25, 0.3) is 5.91 Å². The summed E-state index contributed by atoms with van der Waals surface area (Å²) in [4.78, 5) is 26.4. The van der Waals surface area contributed by atoms with E-state index in [4.69, 9.17) is 23.2 Å². The van der Waals surface area contributed by atoms with E-state index >= 15 is 0 Å². The summed E-state index contributed by atoms with van der Waals surface area (Å²) in [6.07, 6.45) is 2.63. The highest BCUT2D eigenvalue weighted by Crippen LogP contribution is 2.52. The third-order valence-electron chi connectivity index (χ3n) is 5.21. The topological polar surface area (TPSA) is 57.6 Å². The van der Waals surface area contributed by atoms with Crippen LogP contribution in [-0.4, -0.2) is 34.0 Å². The predicted octanol–water partition coefficient (Wildman–Crippen LogP) is 3.85. The summed E-state index contributed by atoms with van der Waals surface area (Å²) < 4.78 is 0. The molecule has 6 heteroatoms. The number of aliphatic carboxylic acids is 1. The van der Waals surface area contributed by atoms with Gasteiger partial charge in [0.1, 0.15) is 0 Å². The van der Waals surface area contributed by atoms with Gasteiger partial charge in [0, 0.05) is 12.1 Å². The first kappa shape index (κ1) is 15.6. The van der Waals surface area contributed by atoms with Gasteiger partial charge in [-0.3, -0.25) is 9.59 Å². The van der Waals surface area contributed by atoms with Crippen LogP contribution in [-0.2, 0) is 4.79 Å². The molecule has 0 aromatic heterocycles. The summed E-state index contributed by atoms with van der Waals surface area (Å²) in [5.41, 5.74) is -0.479. The van der Waals surface area contributed by atoms with Crippen LogP contribution in [0.4, 0.5) is 0 Å². The smallest absolute Gasteiger partial charge is 0.311 e. The van der Waals surface area contributed by atoms with Gasteiger partial charge in [-0.2, -0.15) is 0 Å². The molecule has 2 aliphatic heterocycles. The Hall–Kier alpha value is -1.26. The number of amides is 1. The molecule has 0 spiro atoms. The Morgan fingerprint density at radius 3 is 2.68 bits per heavy atom. The highest BCUT2D eigenvalue weighted by atomic mass is 35.5. The van der Waals surface area contributed by atoms with Crippen molar-refractivity contribution >= 4 is 35.1 Å². The van der Waals surface area contributed by atoms with Crippen molar-refractivity contribution in [3.05, 3.63) is 33.8 Å². The molecule has 2 saturated heterocycles. The van der Waals surface area contributed by atoms with Crippen LogP contribution in [0.25, 0.3) is 0 Å². The molecule has 1 aromatic rings. The number of benzene rings is 1. The molecule has 2 bridgehead atoms. The first-order chi connectivity index (χ1) is 10.4. The minimum absolute atomic E-state index is 0.0244. The van der Waals surface area contributed by atoms with Crippen molar-refractivity contribution in [2.24, 2.45) is 5.41 Å². The van der Waals surface area contributed by atoms with Crippen LogP contribution < -0.4 is 0 Å². The molecular weight excluding hydrogens is 325 g/mol. The molecule has 0 radical (unpaired) electrons. The summed E-state index contributed by atoms with van der Waals surface area (Å²) >= 11 is 12.1. The Morgan fingerprint density at radius 1 is 1.36 bits per heavy atom. The second-order valence-corrected chi connectivity index (χ2v) is 6.86. The molecule has 2 heterocycles. The zero-order valence-electron chi connectivity index (χ0n) is 12.2. The number of nitrogens with zero attached hydrogens (tertiary/aromatic N) is 1. The molecule has 1 N–H and O–H groups in total. The number of carboxylic acids is 1. The number of carboxylic acid groups (broad SMARTS) is 1. The number of fused-ring (bicyclic) bond motifs is 2. The number of rotatable bonds is 3. The van der Waals surface area contributed by atoms with Crippen LogP contribution in [0.1, 0.15) is 43.0 Å². The van der Waals surface area contributed by atoms with E-state index in [1.165, 1.54) is 0 Å². The number of hydrogen-bond donors (Lipinski definition) is 1. The third-order valence-corrected chi connectivity index (χ3v) is 6.03. The minimum Gasteiger partial charge on any atom is -0.481 e. The van der Waals surface area contributed by atoms with Crippen molar-refractivity contribution in [2.75, 3.05) is 0 Å². The molecular formula is C16H17Cl2NO3. The van der Waals surface area contributed by atoms with Crippen LogP contribution in [0.15, 0.2) is 18.2 Å². The molecule has 0 aliphatic carbocycles. The van der Waals surface area contributed by atoms with E-state index in [0.717, 1.165) is 12.8 Å². The standard InChI is InChI=1S/C16H17Cl2NO3/c1-2-16(15(21)22)8-9-6-7-12(16)19(9)14(20)10-4-3-5-11(17)13(10)18/h3-5,9,12H,2,6-8H2,1H3,(H,21,22)/t9-,12+,16+/m0/s1. The van der Waals surface area contributed by atoms with E-state index in [2.05, 4.69) is 0 Å². The molecule has 2 aliphatic rings. The third kappa shape index (κ3) is 2.04. The summed E-state index contributed by atoms with van der Waals surface area (Å²) in [6, 6.07) is 4.67. The van der Waals surface area contributed by atoms with Crippen molar-refractivity contribution in [2.45, 2.75) is 44.7 Å². The maximum Gasteiger partial charge on any atom is 0.311 e. The zero-order valence-corrected chi connectivity index (χ0v) is 13.7. The molecule has 4 nitrogen and oxygen atoms in total. The molecule has 2 fully saturated rings. The fourth-order valence-corrected chi connectivity index (χ4v) is 4.44. The van der Waals surface area contributed by atoms with Gasteiger partial charge in [-0.15, -0.1) is 0 Å². The lowest BCUT2D eigenvalue weighted by atomic mass is 9.72. The maximum atomic E-state index is 12.9. The quantitative estimate of drug-likeness (QED) is 0.908. The fraction of sp³-hybridized carbons (Fsp3) is 0.500. The number of halogens is 2. The molecule has 0 unspecified atom stereocenters. The summed E-state index contributed by atoms with van der Waals surface area (Å²) in [5.74, 6) is -1.02. The Kier molecular flexibility index (Phi) is 3.86. The Bertz CT molecular complexity index is 648. The second-order valence-electron chi connectivity index (χ2n) is 6.08. The van der Waals surface area contributed by atoms with Gasteiger partial charge < -0.3 is 10.0 Å². The van der Waals surface area contributed by atoms with Crippen molar-refractivity contribution in [3.8, 4) is 0 Å². The number of carbonyl (C=O) groups excluding carboxylic acids is 1. The molecule has 118 valence electrons. The first-order valence-corrected chi connectivity index (χ1v) is 8.18. The lowest BCUT2D eigenvalue weighted by molar-refractivity contribution is -0.151. The Morgan fingerprint density at radius 2 is 2.09 bits per heavy atom. The van der Waals surface area contributed by atoms with Crippen molar-refractivity contribution < 1.29 is 14.7 Å². The van der Waals surface area contributed by atoms with Crippen molar-refractivity contribution in [1.29, 1.82) is 0 Å². The molecule has 3 rings (SSSR count). The molecule has 3 atom stereocenters. The van der Waals surface area contributed by atoms with Crippen LogP contribution in [0.2, 0.25) is 10.0 Å². The van der Waals surface area contributed by atoms with Gasteiger partial charge in [-0.1, -0.05) is 36.2 Å². The molecule has 0 saturated carbocycles. The normalized spacial score (nSPS) is 29.9. The van der Waals surface area contributed by atoms with E-state index in [1.807, 2.05) is 6.92 Å². The van der Waals surface area contributed by atoms with Crippen LogP contribution >= 0.6 is 23.2 Å². The van der Waals surface area contributed by atoms with Gasteiger partial charge in [0.05, 0.1) is 21.0 Å². The minimum atomic E-state index is -0.830. The summed E-state index contributed by atoms with van der Waals surface area (Å²) in [5, 5.41) is 10.2. The number of hydrogen-bond acceptors (Lipinski definition) is 2. The first-order valence-electron chi connectivity index (χ1n) is 7.42. The van der Waals surface area contributed by atoms with Gasteiger partial charge in [-0.05, 0) is 37.8 Å². The fourth-order valence-electron chi connectivity index (χ4n) is 4.06. The largest absolute Gasteiger partial charge is 0.481 e. The van der Waals surface area contributed by atoms with E-state index < -0.39 is 11.4 Å². The summed E-state index contributed by atoms with van der Waals surface area (Å²) in [6.45, 7) is 1.88. The number of carbonyl (C=O) groups is 2. The van der Waals surface area contributed by atoms with Crippen LogP contribution in [0, 0.1) is 5.41 Å². The summed E-state index contributed by atoms with van der Waals surface area (Å²) in [7, 11) is 0. The van der Waals surface area contributed by atoms with Gasteiger partial charge in [0.2, 0.25) is 0 Å². The van der Waals surface area contributed by atoms with Crippen LogP contribution in [0.3, 0.4) is 0 Å². The van der Waals surface area contributed by atoms with Crippen LogP contribution in [0.5, 0.6) is 0 Å².